The molecule has 1 saturated heterocycles. The number of piperidine rings is 1. The molecule has 1 N–H and O–H groups in total. The predicted molar refractivity (Wildman–Crippen MR) is 144 cm³/mol. The van der Waals surface area contributed by atoms with Crippen LogP contribution in [0.3, 0.4) is 0 Å². The summed E-state index contributed by atoms with van der Waals surface area (Å²) in [5.41, 5.74) is 1.43. The van der Waals surface area contributed by atoms with Crippen LogP contribution < -0.4 is 10.2 Å². The first-order chi connectivity index (χ1) is 18.3. The Morgan fingerprint density at radius 3 is 2.24 bits per heavy atom. The van der Waals surface area contributed by atoms with Gasteiger partial charge in [0.2, 0.25) is 10.0 Å². The summed E-state index contributed by atoms with van der Waals surface area (Å²) in [5, 5.41) is 3.02. The number of nitrogens with zero attached hydrogens (tertiary/aromatic N) is 3. The van der Waals surface area contributed by atoms with Crippen LogP contribution in [0, 0.1) is 0 Å². The average Bonchev–Trinajstić information content (AvgIpc) is 3.46. The van der Waals surface area contributed by atoms with E-state index >= 15 is 0 Å². The van der Waals surface area contributed by atoms with Crippen LogP contribution in [0.5, 0.6) is 0 Å². The monoisotopic (exact) mass is 546 g/mol. The molecule has 1 fully saturated rings. The number of sulfonamides is 1. The number of imide groups is 1. The Balaban J connectivity index is 1.28. The molecule has 1 aromatic heterocycles. The molecule has 6 rings (SSSR count). The molecule has 4 aromatic rings. The predicted octanol–water partition coefficient (Wildman–Crippen LogP) is 4.52. The molecule has 0 aliphatic carbocycles. The molecule has 0 unspecified atom stereocenters. The normalized spacial score (nSPS) is 16.2. The van der Waals surface area contributed by atoms with Gasteiger partial charge in [-0.25, -0.2) is 18.3 Å². The van der Waals surface area contributed by atoms with Crippen LogP contribution in [0.15, 0.2) is 71.6 Å². The molecular weight excluding hydrogens is 524 g/mol. The molecule has 3 amide bonds. The van der Waals surface area contributed by atoms with E-state index in [0.717, 1.165) is 35.5 Å². The van der Waals surface area contributed by atoms with Gasteiger partial charge in [0.15, 0.2) is 5.13 Å². The third-order valence-electron chi connectivity index (χ3n) is 6.72. The Kier molecular flexibility index (Phi) is 6.05. The minimum Gasteiger partial charge on any atom is -0.298 e. The highest BCUT2D eigenvalue weighted by atomic mass is 32.2. The Morgan fingerprint density at radius 2 is 1.53 bits per heavy atom. The molecular formula is C27H22N4O5S2. The SMILES string of the molecule is O=C(Nc1nc2ccc(S(=O)(=O)N3CCCCC3)cc2s1)c1ccccc1N1C(=O)c2ccccc2C1=O. The highest BCUT2D eigenvalue weighted by molar-refractivity contribution is 7.89. The highest BCUT2D eigenvalue weighted by Gasteiger charge is 2.38. The van der Waals surface area contributed by atoms with Crippen molar-refractivity contribution in [3.8, 4) is 0 Å². The maximum Gasteiger partial charge on any atom is 0.266 e. The summed E-state index contributed by atoms with van der Waals surface area (Å²) in [6.07, 6.45) is 2.72. The summed E-state index contributed by atoms with van der Waals surface area (Å²) in [4.78, 5) is 44.9. The lowest BCUT2D eigenvalue weighted by Gasteiger charge is -2.25. The highest BCUT2D eigenvalue weighted by Crippen LogP contribution is 2.33. The van der Waals surface area contributed by atoms with Gasteiger partial charge < -0.3 is 0 Å². The fraction of sp³-hybridized carbons (Fsp3) is 0.185. The van der Waals surface area contributed by atoms with Crippen molar-refractivity contribution in [1.82, 2.24) is 9.29 Å². The molecule has 3 heterocycles. The van der Waals surface area contributed by atoms with Gasteiger partial charge in [-0.05, 0) is 55.3 Å². The molecule has 38 heavy (non-hydrogen) atoms. The molecule has 11 heteroatoms. The number of hydrogen-bond donors (Lipinski definition) is 1. The molecule has 0 spiro atoms. The van der Waals surface area contributed by atoms with Crippen molar-refractivity contribution >= 4 is 60.1 Å². The van der Waals surface area contributed by atoms with Gasteiger partial charge in [-0.3, -0.25) is 19.7 Å². The number of rotatable bonds is 5. The zero-order chi connectivity index (χ0) is 26.4. The number of anilines is 2. The van der Waals surface area contributed by atoms with Crippen molar-refractivity contribution in [2.75, 3.05) is 23.3 Å². The molecule has 2 aliphatic heterocycles. The van der Waals surface area contributed by atoms with E-state index in [1.807, 2.05) is 0 Å². The zero-order valence-corrected chi connectivity index (χ0v) is 21.7. The van der Waals surface area contributed by atoms with Gasteiger partial charge in [-0.2, -0.15) is 4.31 Å². The van der Waals surface area contributed by atoms with Crippen LogP contribution >= 0.6 is 11.3 Å². The number of hydrogen-bond acceptors (Lipinski definition) is 7. The number of aromatic nitrogens is 1. The number of amides is 3. The van der Waals surface area contributed by atoms with Crippen molar-refractivity contribution in [2.45, 2.75) is 24.2 Å². The first-order valence-electron chi connectivity index (χ1n) is 12.1. The number of para-hydroxylation sites is 1. The second-order valence-corrected chi connectivity index (χ2v) is 12.0. The van der Waals surface area contributed by atoms with E-state index in [1.165, 1.54) is 16.4 Å². The fourth-order valence-electron chi connectivity index (χ4n) is 4.81. The second kappa shape index (κ2) is 9.43. The molecule has 192 valence electrons. The average molecular weight is 547 g/mol. The third-order valence-corrected chi connectivity index (χ3v) is 9.55. The maximum atomic E-state index is 13.3. The summed E-state index contributed by atoms with van der Waals surface area (Å²) < 4.78 is 28.3. The molecule has 2 aliphatic rings. The molecule has 0 bridgehead atoms. The van der Waals surface area contributed by atoms with E-state index in [0.29, 0.717) is 23.3 Å². The minimum atomic E-state index is -3.60. The number of benzene rings is 3. The first kappa shape index (κ1) is 24.4. The van der Waals surface area contributed by atoms with E-state index in [9.17, 15) is 22.8 Å². The molecule has 0 atom stereocenters. The Morgan fingerprint density at radius 1 is 0.868 bits per heavy atom. The van der Waals surface area contributed by atoms with Gasteiger partial charge in [-0.15, -0.1) is 0 Å². The lowest BCUT2D eigenvalue weighted by Crippen LogP contribution is -2.35. The summed E-state index contributed by atoms with van der Waals surface area (Å²) >= 11 is 1.15. The molecule has 0 radical (unpaired) electrons. The molecule has 9 nitrogen and oxygen atoms in total. The zero-order valence-electron chi connectivity index (χ0n) is 20.1. The van der Waals surface area contributed by atoms with E-state index in [-0.39, 0.29) is 32.4 Å². The van der Waals surface area contributed by atoms with Gasteiger partial charge in [0.1, 0.15) is 0 Å². The second-order valence-electron chi connectivity index (χ2n) is 9.08. The minimum absolute atomic E-state index is 0.134. The van der Waals surface area contributed by atoms with Gasteiger partial charge in [0, 0.05) is 13.1 Å². The summed E-state index contributed by atoms with van der Waals surface area (Å²) in [6, 6.07) is 17.7. The van der Waals surface area contributed by atoms with E-state index < -0.39 is 27.7 Å². The maximum absolute atomic E-state index is 13.3. The number of thiazole rings is 1. The summed E-state index contributed by atoms with van der Waals surface area (Å²) in [5.74, 6) is -1.53. The Bertz CT molecular complexity index is 1690. The van der Waals surface area contributed by atoms with Crippen molar-refractivity contribution in [3.63, 3.8) is 0 Å². The van der Waals surface area contributed by atoms with Gasteiger partial charge in [-0.1, -0.05) is 42.0 Å². The number of nitrogens with one attached hydrogen (secondary N) is 1. The van der Waals surface area contributed by atoms with Crippen LogP contribution in [-0.4, -0.2) is 48.5 Å². The van der Waals surface area contributed by atoms with Crippen LogP contribution in [0.1, 0.15) is 50.3 Å². The van der Waals surface area contributed by atoms with Gasteiger partial charge in [0.25, 0.3) is 17.7 Å². The van der Waals surface area contributed by atoms with Gasteiger partial charge in [0.05, 0.1) is 37.5 Å². The van der Waals surface area contributed by atoms with Crippen molar-refractivity contribution in [3.05, 3.63) is 83.4 Å². The van der Waals surface area contributed by atoms with Crippen molar-refractivity contribution in [2.24, 2.45) is 0 Å². The standard InChI is InChI=1S/C27H22N4O5S2/c32-24(20-10-4-5-11-22(20)31-25(33)18-8-2-3-9-19(18)26(31)34)29-27-28-21-13-12-17(16-23(21)37-27)38(35,36)30-14-6-1-7-15-30/h2-5,8-13,16H,1,6-7,14-15H2,(H,28,29,32). The van der Waals surface area contributed by atoms with Crippen LogP contribution in [0.2, 0.25) is 0 Å². The van der Waals surface area contributed by atoms with Crippen LogP contribution in [0.25, 0.3) is 10.2 Å². The lowest BCUT2D eigenvalue weighted by atomic mass is 10.1. The summed E-state index contributed by atoms with van der Waals surface area (Å²) in [6.45, 7) is 1.02. The number of carbonyl (C=O) groups is 3. The van der Waals surface area contributed by atoms with Gasteiger partial charge >= 0.3 is 0 Å². The van der Waals surface area contributed by atoms with E-state index in [1.54, 1.807) is 54.6 Å². The summed E-state index contributed by atoms with van der Waals surface area (Å²) in [7, 11) is -3.60. The Labute approximate surface area is 222 Å². The smallest absolute Gasteiger partial charge is 0.266 e. The van der Waals surface area contributed by atoms with Crippen LogP contribution in [-0.2, 0) is 10.0 Å². The lowest BCUT2D eigenvalue weighted by molar-refractivity contribution is 0.0926. The van der Waals surface area contributed by atoms with Crippen molar-refractivity contribution < 1.29 is 22.8 Å². The van der Waals surface area contributed by atoms with Crippen molar-refractivity contribution in [1.29, 1.82) is 0 Å². The number of fused-ring (bicyclic) bond motifs is 2. The van der Waals surface area contributed by atoms with E-state index in [4.69, 9.17) is 0 Å². The molecule has 3 aromatic carbocycles. The third kappa shape index (κ3) is 4.08. The first-order valence-corrected chi connectivity index (χ1v) is 14.4. The fourth-order valence-corrected chi connectivity index (χ4v) is 7.32. The van der Waals surface area contributed by atoms with E-state index in [2.05, 4.69) is 10.3 Å². The van der Waals surface area contributed by atoms with Crippen LogP contribution in [0.4, 0.5) is 10.8 Å². The molecule has 0 saturated carbocycles. The number of carbonyl (C=O) groups excluding carboxylic acids is 3. The Hall–Kier alpha value is -3.93. The topological polar surface area (TPSA) is 117 Å². The largest absolute Gasteiger partial charge is 0.298 e. The quantitative estimate of drug-likeness (QED) is 0.368.